The van der Waals surface area contributed by atoms with Crippen LogP contribution >= 0.6 is 0 Å². The topological polar surface area (TPSA) is 210 Å². The Labute approximate surface area is 514 Å². The van der Waals surface area contributed by atoms with Gasteiger partial charge in [0.1, 0.15) is 23.1 Å². The number of hydrogen-bond acceptors (Lipinski definition) is 16. The zero-order valence-electron chi connectivity index (χ0n) is 51.0. The van der Waals surface area contributed by atoms with E-state index in [1.54, 1.807) is 39.8 Å². The monoisotopic (exact) mass is 1200 g/mol. The first-order valence-electron chi connectivity index (χ1n) is 26.6. The van der Waals surface area contributed by atoms with Crippen molar-refractivity contribution in [2.45, 2.75) is 178 Å². The van der Waals surface area contributed by atoms with Gasteiger partial charge >= 0.3 is 35.8 Å². The molecule has 0 saturated carbocycles. The Kier molecular flexibility index (Phi) is 40.6. The van der Waals surface area contributed by atoms with Crippen molar-refractivity contribution >= 4 is 47.4 Å². The summed E-state index contributed by atoms with van der Waals surface area (Å²) >= 11 is 0. The van der Waals surface area contributed by atoms with Crippen molar-refractivity contribution in [2.75, 3.05) is 27.2 Å². The van der Waals surface area contributed by atoms with Gasteiger partial charge in [-0.1, -0.05) is 150 Å². The summed E-state index contributed by atoms with van der Waals surface area (Å²) in [5.74, 6) is -1.76. The third-order valence-corrected chi connectivity index (χ3v) is 12.5. The van der Waals surface area contributed by atoms with Crippen LogP contribution in [0.2, 0.25) is 0 Å². The van der Waals surface area contributed by atoms with Crippen molar-refractivity contribution in [3.05, 3.63) is 165 Å². The van der Waals surface area contributed by atoms with E-state index >= 15 is 0 Å². The first-order valence-corrected chi connectivity index (χ1v) is 26.6. The molecule has 86 heavy (non-hydrogen) atoms. The van der Waals surface area contributed by atoms with E-state index in [9.17, 15) is 38.4 Å². The Morgan fingerprint density at radius 3 is 1.07 bits per heavy atom. The van der Waals surface area contributed by atoms with Gasteiger partial charge < -0.3 is 37.9 Å². The van der Waals surface area contributed by atoms with Crippen LogP contribution in [0.5, 0.6) is 11.5 Å². The lowest BCUT2D eigenvalue weighted by atomic mass is 9.81. The average molecular weight is 1200 g/mol. The van der Waals surface area contributed by atoms with Crippen LogP contribution in [-0.4, -0.2) is 74.6 Å². The number of carbonyl (C=O) groups excluding carboxylic acids is 8. The molecule has 1 aliphatic rings. The SMILES string of the molecule is C.C.C.C.C=C(C)C(=O)OCOC(=O)CC.C=C(C)C(=O)OCOC(=O)CC.C=C(C)C(=O)OCOc1ccc(CC(=O)CC(C)=O)c(C)c1C.C=C(C)C(=O)OCOc1ccc(CC)c(C)c1C.Cc1ccc2c(c1)C(C)(C)c1cc(C)ccc1-2. The summed E-state index contributed by atoms with van der Waals surface area (Å²) in [6, 6.07) is 21.1. The molecule has 5 rings (SSSR count). The van der Waals surface area contributed by atoms with Crippen molar-refractivity contribution in [3.63, 3.8) is 0 Å². The molecule has 0 fully saturated rings. The Morgan fingerprint density at radius 2 is 0.756 bits per heavy atom. The Bertz CT molecular complexity index is 2890. The summed E-state index contributed by atoms with van der Waals surface area (Å²) in [4.78, 5) is 87.7. The van der Waals surface area contributed by atoms with E-state index in [1.165, 1.54) is 65.3 Å². The van der Waals surface area contributed by atoms with Crippen molar-refractivity contribution in [1.29, 1.82) is 0 Å². The predicted octanol–water partition coefficient (Wildman–Crippen LogP) is 15.4. The number of benzene rings is 4. The quantitative estimate of drug-likeness (QED) is 0.0250. The summed E-state index contributed by atoms with van der Waals surface area (Å²) in [6.07, 6.45) is 1.71. The van der Waals surface area contributed by atoms with Gasteiger partial charge in [-0.3, -0.25) is 19.2 Å². The van der Waals surface area contributed by atoms with E-state index in [-0.39, 0.29) is 111 Å². The molecular weight excluding hydrogens is 1100 g/mol. The second-order valence-electron chi connectivity index (χ2n) is 20.0. The normalized spacial score (nSPS) is 10.3. The molecule has 0 aromatic heterocycles. The fourth-order valence-electron chi connectivity index (χ4n) is 7.40. The van der Waals surface area contributed by atoms with Gasteiger partial charge in [0, 0.05) is 47.0 Å². The number of fused-ring (bicyclic) bond motifs is 3. The van der Waals surface area contributed by atoms with E-state index in [2.05, 4.69) is 123 Å². The van der Waals surface area contributed by atoms with Gasteiger partial charge in [-0.15, -0.1) is 0 Å². The molecule has 0 aliphatic heterocycles. The molecule has 0 unspecified atom stereocenters. The van der Waals surface area contributed by atoms with Crippen LogP contribution in [0.4, 0.5) is 0 Å². The molecule has 0 atom stereocenters. The summed E-state index contributed by atoms with van der Waals surface area (Å²) < 4.78 is 38.6. The minimum Gasteiger partial charge on any atom is -0.457 e. The van der Waals surface area contributed by atoms with Crippen LogP contribution in [0, 0.1) is 41.5 Å². The molecule has 1 aliphatic carbocycles. The molecule has 0 radical (unpaired) electrons. The van der Waals surface area contributed by atoms with Gasteiger partial charge in [-0.2, -0.15) is 0 Å². The maximum absolute atomic E-state index is 11.8. The maximum atomic E-state index is 11.8. The highest BCUT2D eigenvalue weighted by Gasteiger charge is 2.35. The third kappa shape index (κ3) is 28.5. The highest BCUT2D eigenvalue weighted by Crippen LogP contribution is 2.49. The summed E-state index contributed by atoms with van der Waals surface area (Å²) in [6.45, 7) is 42.6. The number of ketones is 2. The predicted molar refractivity (Wildman–Crippen MR) is 343 cm³/mol. The van der Waals surface area contributed by atoms with Crippen molar-refractivity contribution < 1.29 is 76.3 Å². The molecule has 0 amide bonds. The molecule has 0 heterocycles. The number of ether oxygens (including phenoxy) is 8. The van der Waals surface area contributed by atoms with Gasteiger partial charge in [-0.25, -0.2) is 19.2 Å². The fourth-order valence-corrected chi connectivity index (χ4v) is 7.40. The molecule has 4 aromatic carbocycles. The highest BCUT2D eigenvalue weighted by atomic mass is 16.7. The first kappa shape index (κ1) is 84.1. The zero-order valence-corrected chi connectivity index (χ0v) is 51.0. The van der Waals surface area contributed by atoms with Gasteiger partial charge in [0.05, 0.1) is 6.42 Å². The molecular formula is C70H100O16. The number of aryl methyl sites for hydroxylation is 3. The van der Waals surface area contributed by atoms with E-state index in [1.807, 2.05) is 32.9 Å². The van der Waals surface area contributed by atoms with E-state index in [0.717, 1.165) is 34.4 Å². The molecule has 16 nitrogen and oxygen atoms in total. The van der Waals surface area contributed by atoms with Crippen LogP contribution in [0.25, 0.3) is 11.1 Å². The second kappa shape index (κ2) is 41.6. The van der Waals surface area contributed by atoms with Crippen LogP contribution in [-0.2, 0) is 85.0 Å². The van der Waals surface area contributed by atoms with Crippen LogP contribution in [0.15, 0.2) is 109 Å². The number of carbonyl (C=O) groups is 8. The number of rotatable bonds is 21. The lowest BCUT2D eigenvalue weighted by Gasteiger charge is -2.22. The van der Waals surface area contributed by atoms with Crippen molar-refractivity contribution in [3.8, 4) is 22.6 Å². The molecule has 0 spiro atoms. The van der Waals surface area contributed by atoms with Crippen LogP contribution < -0.4 is 9.47 Å². The van der Waals surface area contributed by atoms with E-state index in [4.69, 9.17) is 18.9 Å². The second-order valence-corrected chi connectivity index (χ2v) is 20.0. The standard InChI is InChI=1S/C18H22O5.C17H18.C15H20O3.2C8H12O4.4CH4/c1-11(2)18(21)23-10-22-17-7-6-15(13(4)14(17)5)9-16(20)8-12(3)19;1-11-5-7-13-14-8-6-12(2)10-16(14)17(3,4)15(13)9-11;1-6-13-7-8-14(12(5)11(13)4)17-9-18-15(16)10(2)3;2*1-4-7(9)11-5-12-8(10)6(2)3;;;;/h6-7H,1,8-10H2,2-5H3;5-10H,1-4H3;7-8H,2,6,9H2,1,3-5H3;2*2,4-5H2,1,3H3;4*1H4. The third-order valence-electron chi connectivity index (χ3n) is 12.5. The molecule has 0 bridgehead atoms. The van der Waals surface area contributed by atoms with E-state index < -0.39 is 35.8 Å². The lowest BCUT2D eigenvalue weighted by molar-refractivity contribution is -0.166. The van der Waals surface area contributed by atoms with Gasteiger partial charge in [0.15, 0.2) is 0 Å². The fraction of sp³-hybridized carbons (Fsp3) is 0.429. The Morgan fingerprint density at radius 1 is 0.430 bits per heavy atom. The number of esters is 6. The van der Waals surface area contributed by atoms with Crippen LogP contribution in [0.3, 0.4) is 0 Å². The average Bonchev–Trinajstić information content (AvgIpc) is 1.72. The largest absolute Gasteiger partial charge is 0.457 e. The number of Topliss-reactive ketones (excluding diaryl/α,β-unsaturated/α-hetero) is 2. The summed E-state index contributed by atoms with van der Waals surface area (Å²) in [7, 11) is 0. The van der Waals surface area contributed by atoms with E-state index in [0.29, 0.717) is 16.9 Å². The summed E-state index contributed by atoms with van der Waals surface area (Å²) in [5, 5.41) is 0. The minimum atomic E-state index is -0.557. The Hall–Kier alpha value is -8.40. The van der Waals surface area contributed by atoms with Crippen LogP contribution in [0.1, 0.15) is 174 Å². The van der Waals surface area contributed by atoms with Crippen molar-refractivity contribution in [2.24, 2.45) is 0 Å². The molecule has 0 saturated heterocycles. The number of hydrogen-bond donors (Lipinski definition) is 0. The maximum Gasteiger partial charge on any atom is 0.335 e. The molecule has 4 aromatic rings. The molecule has 0 N–H and O–H groups in total. The van der Waals surface area contributed by atoms with Crippen molar-refractivity contribution in [1.82, 2.24) is 0 Å². The minimum absolute atomic E-state index is 0. The van der Waals surface area contributed by atoms with Gasteiger partial charge in [0.25, 0.3) is 0 Å². The smallest absolute Gasteiger partial charge is 0.335 e. The molecule has 16 heteroatoms. The highest BCUT2D eigenvalue weighted by molar-refractivity contribution is 5.99. The van der Waals surface area contributed by atoms with Gasteiger partial charge in [0.2, 0.25) is 27.2 Å². The Balaban J connectivity index is -0.000000493. The first-order chi connectivity index (χ1) is 38.3. The van der Waals surface area contributed by atoms with Gasteiger partial charge in [-0.05, 0) is 150 Å². The molecule has 476 valence electrons. The lowest BCUT2D eigenvalue weighted by Crippen LogP contribution is -2.15. The summed E-state index contributed by atoms with van der Waals surface area (Å²) in [5.41, 5.74) is 16.1. The zero-order chi connectivity index (χ0) is 62.6.